The SMILES string of the molecule is CCCCOc1ccc(-c2nc3sc(=Cc4cn(-c5ccccc5)nc4-c4ccc(OCC)c([N+](=O)[O-])c4)c(=O)n3n2)cc1. The van der Waals surface area contributed by atoms with Crippen molar-refractivity contribution >= 4 is 28.1 Å². The van der Waals surface area contributed by atoms with E-state index in [1.165, 1.54) is 21.9 Å². The van der Waals surface area contributed by atoms with E-state index in [4.69, 9.17) is 14.6 Å². The fourth-order valence-corrected chi connectivity index (χ4v) is 5.55. The van der Waals surface area contributed by atoms with Crippen molar-refractivity contribution in [1.29, 1.82) is 0 Å². The summed E-state index contributed by atoms with van der Waals surface area (Å²) >= 11 is 1.21. The smallest absolute Gasteiger partial charge is 0.311 e. The second kappa shape index (κ2) is 12.5. The zero-order valence-corrected chi connectivity index (χ0v) is 24.9. The molecule has 12 heteroatoms. The molecule has 6 aromatic rings. The number of ether oxygens (including phenoxy) is 2. The summed E-state index contributed by atoms with van der Waals surface area (Å²) in [6.45, 7) is 4.84. The van der Waals surface area contributed by atoms with Gasteiger partial charge in [0.1, 0.15) is 11.4 Å². The maximum atomic E-state index is 13.4. The van der Waals surface area contributed by atoms with Crippen LogP contribution in [0.3, 0.4) is 0 Å². The molecule has 222 valence electrons. The van der Waals surface area contributed by atoms with Gasteiger partial charge in [-0.2, -0.15) is 14.6 Å². The Hall–Kier alpha value is -5.36. The van der Waals surface area contributed by atoms with Gasteiger partial charge in [-0.05, 0) is 68.0 Å². The van der Waals surface area contributed by atoms with Crippen LogP contribution < -0.4 is 19.6 Å². The van der Waals surface area contributed by atoms with Crippen molar-refractivity contribution < 1.29 is 14.4 Å². The first-order chi connectivity index (χ1) is 21.4. The molecular weight excluding hydrogens is 580 g/mol. The number of benzene rings is 3. The maximum absolute atomic E-state index is 13.4. The first kappa shape index (κ1) is 28.7. The average Bonchev–Trinajstić information content (AvgIpc) is 3.73. The van der Waals surface area contributed by atoms with E-state index in [9.17, 15) is 14.9 Å². The van der Waals surface area contributed by atoms with Gasteiger partial charge >= 0.3 is 5.69 Å². The van der Waals surface area contributed by atoms with Gasteiger partial charge in [-0.25, -0.2) is 4.68 Å². The normalized spacial score (nSPS) is 11.7. The molecule has 0 bridgehead atoms. The number of hydrogen-bond acceptors (Lipinski definition) is 9. The van der Waals surface area contributed by atoms with Gasteiger partial charge in [0.05, 0.1) is 28.4 Å². The maximum Gasteiger partial charge on any atom is 0.311 e. The summed E-state index contributed by atoms with van der Waals surface area (Å²) in [6, 6.07) is 21.7. The number of hydrogen-bond donors (Lipinski definition) is 0. The minimum absolute atomic E-state index is 0.166. The van der Waals surface area contributed by atoms with Crippen LogP contribution in [0.2, 0.25) is 0 Å². The molecular formula is C32H28N6O5S. The Morgan fingerprint density at radius 3 is 2.45 bits per heavy atom. The van der Waals surface area contributed by atoms with E-state index in [0.717, 1.165) is 29.8 Å². The Kier molecular flexibility index (Phi) is 8.15. The highest BCUT2D eigenvalue weighted by Gasteiger charge is 2.20. The molecule has 0 aliphatic carbocycles. The lowest BCUT2D eigenvalue weighted by atomic mass is 10.1. The number of aromatic nitrogens is 5. The fourth-order valence-electron chi connectivity index (χ4n) is 4.65. The lowest BCUT2D eigenvalue weighted by Gasteiger charge is -2.06. The van der Waals surface area contributed by atoms with Crippen molar-refractivity contribution in [3.8, 4) is 39.8 Å². The molecule has 3 aromatic carbocycles. The summed E-state index contributed by atoms with van der Waals surface area (Å²) in [6.07, 6.45) is 5.55. The molecule has 0 spiro atoms. The highest BCUT2D eigenvalue weighted by Crippen LogP contribution is 2.34. The quantitative estimate of drug-likeness (QED) is 0.104. The largest absolute Gasteiger partial charge is 0.494 e. The van der Waals surface area contributed by atoms with E-state index < -0.39 is 4.92 Å². The van der Waals surface area contributed by atoms with E-state index in [0.29, 0.717) is 45.4 Å². The molecule has 0 amide bonds. The van der Waals surface area contributed by atoms with E-state index in [-0.39, 0.29) is 17.0 Å². The summed E-state index contributed by atoms with van der Waals surface area (Å²) in [5, 5.41) is 21.1. The highest BCUT2D eigenvalue weighted by atomic mass is 32.1. The summed E-state index contributed by atoms with van der Waals surface area (Å²) < 4.78 is 14.6. The fraction of sp³-hybridized carbons (Fsp3) is 0.188. The van der Waals surface area contributed by atoms with E-state index in [1.54, 1.807) is 36.0 Å². The summed E-state index contributed by atoms with van der Waals surface area (Å²) in [5.74, 6) is 1.39. The van der Waals surface area contributed by atoms with Gasteiger partial charge in [-0.3, -0.25) is 14.9 Å². The van der Waals surface area contributed by atoms with Crippen LogP contribution in [0.25, 0.3) is 39.4 Å². The average molecular weight is 609 g/mol. The van der Waals surface area contributed by atoms with Gasteiger partial charge in [0, 0.05) is 29.0 Å². The van der Waals surface area contributed by atoms with Crippen LogP contribution in [-0.4, -0.2) is 42.5 Å². The lowest BCUT2D eigenvalue weighted by Crippen LogP contribution is -2.23. The van der Waals surface area contributed by atoms with E-state index in [2.05, 4.69) is 17.0 Å². The number of nitro benzene ring substituents is 1. The minimum atomic E-state index is -0.480. The standard InChI is InChI=1S/C32H28N6O5S/c1-3-5-17-43-25-14-11-21(12-15-25)30-33-32-37(35-30)31(39)28(44-32)19-23-20-36(24-9-7-6-8-10-24)34-29(23)22-13-16-27(42-4-2)26(18-22)38(40)41/h6-16,18-20H,3-5,17H2,1-2H3. The highest BCUT2D eigenvalue weighted by molar-refractivity contribution is 7.15. The van der Waals surface area contributed by atoms with Crippen LogP contribution in [0.4, 0.5) is 5.69 Å². The lowest BCUT2D eigenvalue weighted by molar-refractivity contribution is -0.385. The molecule has 0 saturated heterocycles. The molecule has 11 nitrogen and oxygen atoms in total. The van der Waals surface area contributed by atoms with Crippen molar-refractivity contribution in [2.75, 3.05) is 13.2 Å². The Balaban J connectivity index is 1.40. The van der Waals surface area contributed by atoms with E-state index in [1.807, 2.05) is 54.6 Å². The van der Waals surface area contributed by atoms with Crippen LogP contribution in [0.5, 0.6) is 11.5 Å². The van der Waals surface area contributed by atoms with Gasteiger partial charge in [0.25, 0.3) is 5.56 Å². The Morgan fingerprint density at radius 1 is 0.977 bits per heavy atom. The van der Waals surface area contributed by atoms with Crippen LogP contribution in [-0.2, 0) is 0 Å². The second-order valence-corrected chi connectivity index (χ2v) is 10.9. The first-order valence-corrected chi connectivity index (χ1v) is 15.0. The number of unbranched alkanes of at least 4 members (excludes halogenated alkanes) is 1. The zero-order chi connectivity index (χ0) is 30.6. The molecule has 0 atom stereocenters. The molecule has 3 aromatic heterocycles. The van der Waals surface area contributed by atoms with Crippen LogP contribution in [0.1, 0.15) is 32.3 Å². The molecule has 0 fully saturated rings. The molecule has 3 heterocycles. The van der Waals surface area contributed by atoms with Crippen molar-refractivity contribution in [1.82, 2.24) is 24.4 Å². The van der Waals surface area contributed by atoms with Crippen molar-refractivity contribution in [2.45, 2.75) is 26.7 Å². The van der Waals surface area contributed by atoms with Gasteiger partial charge in [0.15, 0.2) is 11.6 Å². The monoisotopic (exact) mass is 608 g/mol. The molecule has 0 unspecified atom stereocenters. The number of nitro groups is 1. The molecule has 0 aliphatic rings. The van der Waals surface area contributed by atoms with Gasteiger partial charge in [0.2, 0.25) is 4.96 Å². The Bertz CT molecular complexity index is 2050. The molecule has 0 radical (unpaired) electrons. The number of nitrogens with zero attached hydrogens (tertiary/aromatic N) is 6. The predicted octanol–water partition coefficient (Wildman–Crippen LogP) is 5.70. The number of rotatable bonds is 11. The van der Waals surface area contributed by atoms with Crippen molar-refractivity contribution in [2.24, 2.45) is 0 Å². The van der Waals surface area contributed by atoms with Crippen LogP contribution in [0, 0.1) is 10.1 Å². The Labute approximate surface area is 255 Å². The first-order valence-electron chi connectivity index (χ1n) is 14.2. The molecule has 0 N–H and O–H groups in total. The van der Waals surface area contributed by atoms with Crippen LogP contribution >= 0.6 is 11.3 Å². The topological polar surface area (TPSA) is 127 Å². The third kappa shape index (κ3) is 5.79. The van der Waals surface area contributed by atoms with Crippen molar-refractivity contribution in [3.05, 3.63) is 110 Å². The molecule has 0 saturated carbocycles. The van der Waals surface area contributed by atoms with Crippen LogP contribution in [0.15, 0.2) is 83.8 Å². The predicted molar refractivity (Wildman–Crippen MR) is 169 cm³/mol. The number of fused-ring (bicyclic) bond motifs is 1. The summed E-state index contributed by atoms with van der Waals surface area (Å²) in [7, 11) is 0. The van der Waals surface area contributed by atoms with Gasteiger partial charge < -0.3 is 9.47 Å². The molecule has 44 heavy (non-hydrogen) atoms. The van der Waals surface area contributed by atoms with Crippen molar-refractivity contribution in [3.63, 3.8) is 0 Å². The molecule has 0 aliphatic heterocycles. The molecule has 6 rings (SSSR count). The third-order valence-electron chi connectivity index (χ3n) is 6.84. The number of thiazole rings is 1. The van der Waals surface area contributed by atoms with Gasteiger partial charge in [-0.15, -0.1) is 5.10 Å². The van der Waals surface area contributed by atoms with Gasteiger partial charge in [-0.1, -0.05) is 42.9 Å². The Morgan fingerprint density at radius 2 is 1.75 bits per heavy atom. The minimum Gasteiger partial charge on any atom is -0.494 e. The number of para-hydroxylation sites is 1. The zero-order valence-electron chi connectivity index (χ0n) is 24.0. The summed E-state index contributed by atoms with van der Waals surface area (Å²) in [4.78, 5) is 29.9. The van der Waals surface area contributed by atoms with E-state index >= 15 is 0 Å². The second-order valence-electron chi connectivity index (χ2n) is 9.86. The summed E-state index contributed by atoms with van der Waals surface area (Å²) in [5.41, 5.74) is 2.67. The third-order valence-corrected chi connectivity index (χ3v) is 7.80.